The average molecular weight is 472 g/mol. The fraction of sp³-hybridized carbons (Fsp3) is 0.0278. The van der Waals surface area contributed by atoms with Gasteiger partial charge in [0.1, 0.15) is 0 Å². The van der Waals surface area contributed by atoms with Crippen LogP contribution in [0.25, 0.3) is 44.6 Å². The van der Waals surface area contributed by atoms with E-state index in [0.717, 1.165) is 11.3 Å². The van der Waals surface area contributed by atoms with Gasteiger partial charge in [-0.25, -0.2) is 0 Å². The first kappa shape index (κ1) is 21.5. The minimum Gasteiger partial charge on any atom is -0.256 e. The van der Waals surface area contributed by atoms with Crippen molar-refractivity contribution in [1.82, 2.24) is 4.98 Å². The molecule has 0 amide bonds. The highest BCUT2D eigenvalue weighted by Crippen LogP contribution is 2.51. The van der Waals surface area contributed by atoms with E-state index < -0.39 is 0 Å². The zero-order chi connectivity index (χ0) is 24.6. The Labute approximate surface area is 217 Å². The standard InChI is InChI=1S/C36H25N/c1-3-10-25(11-4-1)26-18-20-27(21-19-26)29-14-9-15-30(24-29)34-32-17-8-7-16-31(32)33-22-23-37-36(35(33)34)28-12-5-2-6-13-28/h1-24,34H. The van der Waals surface area contributed by atoms with Crippen LogP contribution >= 0.6 is 0 Å². The van der Waals surface area contributed by atoms with Crippen LogP contribution in [-0.2, 0) is 0 Å². The van der Waals surface area contributed by atoms with Crippen LogP contribution in [0.1, 0.15) is 22.6 Å². The number of benzene rings is 5. The molecule has 0 saturated heterocycles. The molecule has 0 spiro atoms. The molecule has 0 radical (unpaired) electrons. The van der Waals surface area contributed by atoms with Crippen molar-refractivity contribution in [3.05, 3.63) is 162 Å². The lowest BCUT2D eigenvalue weighted by Crippen LogP contribution is -2.02. The van der Waals surface area contributed by atoms with Crippen LogP contribution in [-0.4, -0.2) is 4.98 Å². The Morgan fingerprint density at radius 3 is 1.78 bits per heavy atom. The smallest absolute Gasteiger partial charge is 0.0749 e. The summed E-state index contributed by atoms with van der Waals surface area (Å²) in [5.41, 5.74) is 13.7. The monoisotopic (exact) mass is 471 g/mol. The lowest BCUT2D eigenvalue weighted by Gasteiger charge is -2.18. The third kappa shape index (κ3) is 3.77. The Morgan fingerprint density at radius 1 is 0.432 bits per heavy atom. The minimum atomic E-state index is 0.138. The summed E-state index contributed by atoms with van der Waals surface area (Å²) in [6.07, 6.45) is 1.95. The molecule has 0 bridgehead atoms. The first-order chi connectivity index (χ1) is 18.4. The maximum atomic E-state index is 4.90. The third-order valence-corrected chi connectivity index (χ3v) is 7.43. The predicted molar refractivity (Wildman–Crippen MR) is 153 cm³/mol. The van der Waals surface area contributed by atoms with Gasteiger partial charge in [0.15, 0.2) is 0 Å². The van der Waals surface area contributed by atoms with Gasteiger partial charge in [-0.15, -0.1) is 0 Å². The molecule has 1 nitrogen and oxygen atoms in total. The van der Waals surface area contributed by atoms with Gasteiger partial charge in [-0.2, -0.15) is 0 Å². The Balaban J connectivity index is 1.35. The maximum Gasteiger partial charge on any atom is 0.0749 e. The molecule has 37 heavy (non-hydrogen) atoms. The average Bonchev–Trinajstić information content (AvgIpc) is 3.33. The Morgan fingerprint density at radius 2 is 1.03 bits per heavy atom. The number of hydrogen-bond donors (Lipinski definition) is 0. The van der Waals surface area contributed by atoms with Crippen LogP contribution in [0.3, 0.4) is 0 Å². The van der Waals surface area contributed by atoms with E-state index in [1.54, 1.807) is 0 Å². The molecule has 7 rings (SSSR count). The first-order valence-corrected chi connectivity index (χ1v) is 12.8. The lowest BCUT2D eigenvalue weighted by molar-refractivity contribution is 1.01. The molecule has 0 saturated carbocycles. The van der Waals surface area contributed by atoms with E-state index in [1.807, 2.05) is 6.20 Å². The molecule has 1 unspecified atom stereocenters. The van der Waals surface area contributed by atoms with Crippen LogP contribution in [0.15, 0.2) is 146 Å². The van der Waals surface area contributed by atoms with Crippen LogP contribution in [0.2, 0.25) is 0 Å². The molecule has 5 aromatic carbocycles. The van der Waals surface area contributed by atoms with Crippen LogP contribution < -0.4 is 0 Å². The van der Waals surface area contributed by atoms with Gasteiger partial charge < -0.3 is 0 Å². The lowest BCUT2D eigenvalue weighted by atomic mass is 9.85. The van der Waals surface area contributed by atoms with Gasteiger partial charge in [0.25, 0.3) is 0 Å². The van der Waals surface area contributed by atoms with Crippen molar-refractivity contribution in [2.75, 3.05) is 0 Å². The van der Waals surface area contributed by atoms with Crippen molar-refractivity contribution in [1.29, 1.82) is 0 Å². The second kappa shape index (κ2) is 9.04. The molecular weight excluding hydrogens is 446 g/mol. The molecule has 1 heteroatoms. The zero-order valence-corrected chi connectivity index (χ0v) is 20.4. The Bertz CT molecular complexity index is 1700. The molecule has 6 aromatic rings. The number of pyridine rings is 1. The molecular formula is C36H25N. The van der Waals surface area contributed by atoms with Gasteiger partial charge in [0.2, 0.25) is 0 Å². The summed E-state index contributed by atoms with van der Waals surface area (Å²) in [6.45, 7) is 0. The Hall–Kier alpha value is -4.75. The summed E-state index contributed by atoms with van der Waals surface area (Å²) >= 11 is 0. The van der Waals surface area contributed by atoms with Crippen molar-refractivity contribution in [2.24, 2.45) is 0 Å². The summed E-state index contributed by atoms with van der Waals surface area (Å²) < 4.78 is 0. The molecule has 174 valence electrons. The van der Waals surface area contributed by atoms with Crippen molar-refractivity contribution in [2.45, 2.75) is 5.92 Å². The SMILES string of the molecule is c1ccc(-c2ccc(-c3cccc(C4c5ccccc5-c5ccnc(-c6ccccc6)c54)c3)cc2)cc1. The van der Waals surface area contributed by atoms with E-state index in [1.165, 1.54) is 50.1 Å². The minimum absolute atomic E-state index is 0.138. The number of rotatable bonds is 4. The van der Waals surface area contributed by atoms with E-state index in [2.05, 4.69) is 140 Å². The summed E-state index contributed by atoms with van der Waals surface area (Å²) in [7, 11) is 0. The van der Waals surface area contributed by atoms with Gasteiger partial charge >= 0.3 is 0 Å². The van der Waals surface area contributed by atoms with Crippen LogP contribution in [0, 0.1) is 0 Å². The van der Waals surface area contributed by atoms with Crippen molar-refractivity contribution < 1.29 is 0 Å². The second-order valence-corrected chi connectivity index (χ2v) is 9.58. The van der Waals surface area contributed by atoms with E-state index in [-0.39, 0.29) is 5.92 Å². The van der Waals surface area contributed by atoms with Gasteiger partial charge in [-0.05, 0) is 56.1 Å². The third-order valence-electron chi connectivity index (χ3n) is 7.43. The maximum absolute atomic E-state index is 4.90. The second-order valence-electron chi connectivity index (χ2n) is 9.58. The van der Waals surface area contributed by atoms with Crippen molar-refractivity contribution in [3.63, 3.8) is 0 Å². The fourth-order valence-corrected chi connectivity index (χ4v) is 5.71. The number of hydrogen-bond acceptors (Lipinski definition) is 1. The summed E-state index contributed by atoms with van der Waals surface area (Å²) in [4.78, 5) is 4.90. The molecule has 0 N–H and O–H groups in total. The fourth-order valence-electron chi connectivity index (χ4n) is 5.71. The molecule has 1 aliphatic rings. The molecule has 1 aliphatic carbocycles. The highest BCUT2D eigenvalue weighted by molar-refractivity contribution is 5.86. The normalized spacial score (nSPS) is 13.7. The largest absolute Gasteiger partial charge is 0.256 e. The predicted octanol–water partition coefficient (Wildman–Crippen LogP) is 9.24. The molecule has 1 aromatic heterocycles. The zero-order valence-electron chi connectivity index (χ0n) is 20.4. The number of fused-ring (bicyclic) bond motifs is 3. The molecule has 1 atom stereocenters. The quantitative estimate of drug-likeness (QED) is 0.249. The molecule has 0 aliphatic heterocycles. The Kier molecular flexibility index (Phi) is 5.26. The molecule has 1 heterocycles. The van der Waals surface area contributed by atoms with E-state index >= 15 is 0 Å². The van der Waals surface area contributed by atoms with Crippen molar-refractivity contribution >= 4 is 0 Å². The topological polar surface area (TPSA) is 12.9 Å². The van der Waals surface area contributed by atoms with E-state index in [0.29, 0.717) is 0 Å². The highest BCUT2D eigenvalue weighted by atomic mass is 14.7. The first-order valence-electron chi connectivity index (χ1n) is 12.8. The van der Waals surface area contributed by atoms with E-state index in [4.69, 9.17) is 4.98 Å². The van der Waals surface area contributed by atoms with Gasteiger partial charge in [0.05, 0.1) is 5.69 Å². The number of aromatic nitrogens is 1. The van der Waals surface area contributed by atoms with E-state index in [9.17, 15) is 0 Å². The molecule has 0 fully saturated rings. The summed E-state index contributed by atoms with van der Waals surface area (Å²) in [6, 6.07) is 50.0. The van der Waals surface area contributed by atoms with Gasteiger partial charge in [-0.1, -0.05) is 133 Å². The van der Waals surface area contributed by atoms with Gasteiger partial charge in [-0.3, -0.25) is 4.98 Å². The highest BCUT2D eigenvalue weighted by Gasteiger charge is 2.33. The number of nitrogens with zero attached hydrogens (tertiary/aromatic N) is 1. The van der Waals surface area contributed by atoms with Gasteiger partial charge in [0, 0.05) is 17.7 Å². The summed E-state index contributed by atoms with van der Waals surface area (Å²) in [5.74, 6) is 0.138. The van der Waals surface area contributed by atoms with Crippen LogP contribution in [0.4, 0.5) is 0 Å². The van der Waals surface area contributed by atoms with Crippen LogP contribution in [0.5, 0.6) is 0 Å². The summed E-state index contributed by atoms with van der Waals surface area (Å²) in [5, 5.41) is 0. The van der Waals surface area contributed by atoms with Crippen molar-refractivity contribution in [3.8, 4) is 44.6 Å².